The Hall–Kier alpha value is -3.97. The van der Waals surface area contributed by atoms with E-state index in [-0.39, 0.29) is 48.0 Å². The number of rotatable bonds is 12. The standard InChI is InChI=1S/C34H43F2N3O7S/c1-33(2,3)28-12-14-34(35,36)19-27(28)32(40)38-24-13-15-37-31(16-24)47(41,42)39(20-22-8-10-25(43-4)17-29(22)45-6)21-23-9-11-26(44-5)18-30(23)46-7/h8-11,13,15-18,27-28H,12,14,19-21H2,1-7H3,(H,37,38,40). The maximum atomic E-state index is 14.5. The zero-order valence-corrected chi connectivity index (χ0v) is 28.6. The van der Waals surface area contributed by atoms with Crippen LogP contribution in [0.5, 0.6) is 23.0 Å². The minimum atomic E-state index is -4.34. The summed E-state index contributed by atoms with van der Waals surface area (Å²) in [6.45, 7) is 5.56. The molecule has 0 spiro atoms. The number of methoxy groups -OCH3 is 4. The zero-order valence-electron chi connectivity index (χ0n) is 27.8. The van der Waals surface area contributed by atoms with Crippen LogP contribution >= 0.6 is 0 Å². The molecule has 3 aromatic rings. The number of carbonyl (C=O) groups excluding carboxylic acids is 1. The summed E-state index contributed by atoms with van der Waals surface area (Å²) in [7, 11) is 1.65. The highest BCUT2D eigenvalue weighted by Crippen LogP contribution is 2.47. The lowest BCUT2D eigenvalue weighted by molar-refractivity contribution is -0.136. The molecule has 1 aliphatic rings. The van der Waals surface area contributed by atoms with Crippen LogP contribution in [0.1, 0.15) is 51.2 Å². The highest BCUT2D eigenvalue weighted by molar-refractivity contribution is 7.89. The molecule has 1 fully saturated rings. The van der Waals surface area contributed by atoms with Crippen molar-refractivity contribution in [1.82, 2.24) is 9.29 Å². The van der Waals surface area contributed by atoms with Gasteiger partial charge in [0.25, 0.3) is 10.0 Å². The molecule has 13 heteroatoms. The minimum Gasteiger partial charge on any atom is -0.497 e. The number of amides is 1. The van der Waals surface area contributed by atoms with E-state index in [0.29, 0.717) is 34.1 Å². The summed E-state index contributed by atoms with van der Waals surface area (Å²) in [6, 6.07) is 12.8. The smallest absolute Gasteiger partial charge is 0.261 e. The second kappa shape index (κ2) is 14.4. The van der Waals surface area contributed by atoms with Gasteiger partial charge < -0.3 is 24.3 Å². The van der Waals surface area contributed by atoms with Gasteiger partial charge in [0, 0.05) is 73.1 Å². The van der Waals surface area contributed by atoms with Gasteiger partial charge in [-0.2, -0.15) is 4.31 Å². The van der Waals surface area contributed by atoms with Gasteiger partial charge in [-0.25, -0.2) is 22.2 Å². The molecular weight excluding hydrogens is 632 g/mol. The van der Waals surface area contributed by atoms with E-state index in [4.69, 9.17) is 18.9 Å². The summed E-state index contributed by atoms with van der Waals surface area (Å²) < 4.78 is 80.5. The summed E-state index contributed by atoms with van der Waals surface area (Å²) >= 11 is 0. The molecule has 256 valence electrons. The molecule has 4 rings (SSSR count). The van der Waals surface area contributed by atoms with Gasteiger partial charge in [-0.1, -0.05) is 32.9 Å². The van der Waals surface area contributed by atoms with Crippen LogP contribution in [0.25, 0.3) is 0 Å². The first-order valence-corrected chi connectivity index (χ1v) is 16.6. The number of aromatic nitrogens is 1. The number of halogens is 2. The van der Waals surface area contributed by atoms with Gasteiger partial charge in [-0.05, 0) is 36.0 Å². The molecule has 1 N–H and O–H groups in total. The fourth-order valence-electron chi connectivity index (χ4n) is 6.01. The number of nitrogens with one attached hydrogen (secondary N) is 1. The molecule has 0 aliphatic heterocycles. The van der Waals surface area contributed by atoms with Crippen LogP contribution in [-0.4, -0.2) is 58.0 Å². The Morgan fingerprint density at radius 3 is 1.96 bits per heavy atom. The quantitative estimate of drug-likeness (QED) is 0.230. The molecule has 0 saturated heterocycles. The van der Waals surface area contributed by atoms with Crippen LogP contribution in [0.3, 0.4) is 0 Å². The van der Waals surface area contributed by atoms with Crippen molar-refractivity contribution in [1.29, 1.82) is 0 Å². The highest BCUT2D eigenvalue weighted by Gasteiger charge is 2.48. The second-order valence-corrected chi connectivity index (χ2v) is 14.6. The number of pyridine rings is 1. The lowest BCUT2D eigenvalue weighted by atomic mass is 9.65. The van der Waals surface area contributed by atoms with Crippen LogP contribution < -0.4 is 24.3 Å². The lowest BCUT2D eigenvalue weighted by Crippen LogP contribution is -2.44. The SMILES string of the molecule is COc1ccc(CN(Cc2ccc(OC)cc2OC)S(=O)(=O)c2cc(NC(=O)C3CC(F)(F)CCC3C(C)(C)C)ccn2)c(OC)c1. The number of alkyl halides is 2. The topological polar surface area (TPSA) is 116 Å². The number of ether oxygens (including phenoxy) is 4. The van der Waals surface area contributed by atoms with Gasteiger partial charge in [0.1, 0.15) is 23.0 Å². The van der Waals surface area contributed by atoms with Crippen molar-refractivity contribution in [3.8, 4) is 23.0 Å². The van der Waals surface area contributed by atoms with Crippen LogP contribution in [0, 0.1) is 17.3 Å². The maximum Gasteiger partial charge on any atom is 0.261 e. The fourth-order valence-corrected chi connectivity index (χ4v) is 7.36. The van der Waals surface area contributed by atoms with E-state index in [0.717, 1.165) is 0 Å². The van der Waals surface area contributed by atoms with Gasteiger partial charge in [-0.3, -0.25) is 4.79 Å². The number of hydrogen-bond acceptors (Lipinski definition) is 8. The molecule has 0 bridgehead atoms. The molecule has 0 radical (unpaired) electrons. The molecule has 1 amide bonds. The fraction of sp³-hybridized carbons (Fsp3) is 0.471. The summed E-state index contributed by atoms with van der Waals surface area (Å²) in [5.74, 6) is -2.87. The van der Waals surface area contributed by atoms with Gasteiger partial charge in [-0.15, -0.1) is 0 Å². The van der Waals surface area contributed by atoms with Gasteiger partial charge in [0.05, 0.1) is 28.4 Å². The first-order valence-electron chi connectivity index (χ1n) is 15.2. The maximum absolute atomic E-state index is 14.5. The third kappa shape index (κ3) is 8.50. The number of sulfonamides is 1. The molecule has 2 unspecified atom stereocenters. The average molecular weight is 676 g/mol. The number of hydrogen-bond donors (Lipinski definition) is 1. The largest absolute Gasteiger partial charge is 0.497 e. The Balaban J connectivity index is 1.70. The third-order valence-electron chi connectivity index (χ3n) is 8.56. The first-order chi connectivity index (χ1) is 22.1. The second-order valence-electron chi connectivity index (χ2n) is 12.7. The van der Waals surface area contributed by atoms with Gasteiger partial charge in [0.2, 0.25) is 11.8 Å². The summed E-state index contributed by atoms with van der Waals surface area (Å²) in [6.07, 6.45) is 0.630. The Bertz CT molecular complexity index is 1620. The van der Waals surface area contributed by atoms with Crippen molar-refractivity contribution in [3.05, 3.63) is 65.9 Å². The molecule has 2 aromatic carbocycles. The third-order valence-corrected chi connectivity index (χ3v) is 10.3. The Morgan fingerprint density at radius 1 is 0.915 bits per heavy atom. The number of benzene rings is 2. The molecule has 1 saturated carbocycles. The van der Waals surface area contributed by atoms with Crippen molar-refractivity contribution in [2.24, 2.45) is 17.3 Å². The first kappa shape index (κ1) is 35.9. The summed E-state index contributed by atoms with van der Waals surface area (Å²) in [5.41, 5.74) is 0.867. The minimum absolute atomic E-state index is 0.118. The highest BCUT2D eigenvalue weighted by atomic mass is 32.2. The predicted molar refractivity (Wildman–Crippen MR) is 174 cm³/mol. The van der Waals surface area contributed by atoms with E-state index < -0.39 is 34.2 Å². The van der Waals surface area contributed by atoms with Crippen LogP contribution in [0.15, 0.2) is 59.8 Å². The number of carbonyl (C=O) groups is 1. The zero-order chi connectivity index (χ0) is 34.6. The Morgan fingerprint density at radius 2 is 1.47 bits per heavy atom. The summed E-state index contributed by atoms with van der Waals surface area (Å²) in [4.78, 5) is 17.6. The van der Waals surface area contributed by atoms with Crippen molar-refractivity contribution in [2.45, 2.75) is 64.1 Å². The average Bonchev–Trinajstić information content (AvgIpc) is 3.03. The molecule has 1 aromatic heterocycles. The van der Waals surface area contributed by atoms with E-state index in [2.05, 4.69) is 10.3 Å². The monoisotopic (exact) mass is 675 g/mol. The van der Waals surface area contributed by atoms with E-state index in [1.807, 2.05) is 20.8 Å². The number of nitrogens with zero attached hydrogens (tertiary/aromatic N) is 2. The van der Waals surface area contributed by atoms with Crippen molar-refractivity contribution >= 4 is 21.6 Å². The normalized spacial score (nSPS) is 18.0. The lowest BCUT2D eigenvalue weighted by Gasteiger charge is -2.42. The van der Waals surface area contributed by atoms with E-state index in [9.17, 15) is 22.0 Å². The molecule has 1 heterocycles. The predicted octanol–water partition coefficient (Wildman–Crippen LogP) is 6.54. The molecular formula is C34H43F2N3O7S. The van der Waals surface area contributed by atoms with E-state index in [1.165, 1.54) is 51.1 Å². The number of anilines is 1. The van der Waals surface area contributed by atoms with Crippen molar-refractivity contribution in [2.75, 3.05) is 33.8 Å². The molecule has 10 nitrogen and oxygen atoms in total. The Labute approximate surface area is 275 Å². The van der Waals surface area contributed by atoms with E-state index in [1.54, 1.807) is 36.4 Å². The van der Waals surface area contributed by atoms with E-state index >= 15 is 0 Å². The van der Waals surface area contributed by atoms with Crippen LogP contribution in [0.2, 0.25) is 0 Å². The van der Waals surface area contributed by atoms with Crippen molar-refractivity contribution < 1.29 is 40.9 Å². The Kier molecular flexibility index (Phi) is 11.0. The van der Waals surface area contributed by atoms with Gasteiger partial charge in [0.15, 0.2) is 5.03 Å². The molecule has 1 aliphatic carbocycles. The van der Waals surface area contributed by atoms with Crippen LogP contribution in [0.4, 0.5) is 14.5 Å². The summed E-state index contributed by atoms with van der Waals surface area (Å²) in [5, 5.41) is 2.36. The van der Waals surface area contributed by atoms with Crippen molar-refractivity contribution in [3.63, 3.8) is 0 Å². The molecule has 47 heavy (non-hydrogen) atoms. The van der Waals surface area contributed by atoms with Crippen LogP contribution in [-0.2, 0) is 27.9 Å². The molecule has 2 atom stereocenters. The van der Waals surface area contributed by atoms with Gasteiger partial charge >= 0.3 is 0 Å².